The molecule has 0 unspecified atom stereocenters. The minimum atomic E-state index is -0.159. The van der Waals surface area contributed by atoms with Crippen molar-refractivity contribution < 1.29 is 9.59 Å². The maximum absolute atomic E-state index is 13.0. The monoisotopic (exact) mass is 389 g/mol. The predicted octanol–water partition coefficient (Wildman–Crippen LogP) is 3.28. The molecule has 2 atom stereocenters. The van der Waals surface area contributed by atoms with Gasteiger partial charge in [-0.2, -0.15) is 5.10 Å². The summed E-state index contributed by atoms with van der Waals surface area (Å²) in [5, 5.41) is 10.3. The Morgan fingerprint density at radius 1 is 1.25 bits per heavy atom. The lowest BCUT2D eigenvalue weighted by Gasteiger charge is -2.25. The molecule has 1 saturated carbocycles. The fourth-order valence-electron chi connectivity index (χ4n) is 4.57. The normalized spacial score (nSPS) is 23.4. The zero-order valence-corrected chi connectivity index (χ0v) is 17.5. The third-order valence-corrected chi connectivity index (χ3v) is 5.98. The van der Waals surface area contributed by atoms with Crippen molar-refractivity contribution in [1.82, 2.24) is 25.4 Å². The van der Waals surface area contributed by atoms with Crippen molar-refractivity contribution in [2.75, 3.05) is 6.54 Å². The van der Waals surface area contributed by atoms with Crippen LogP contribution in [0.4, 0.5) is 0 Å². The van der Waals surface area contributed by atoms with Crippen molar-refractivity contribution in [3.05, 3.63) is 11.6 Å². The molecule has 0 radical (unpaired) electrons. The van der Waals surface area contributed by atoms with Crippen LogP contribution < -0.4 is 5.32 Å². The molecule has 1 aliphatic heterocycles. The molecule has 7 heteroatoms. The number of nitrogens with one attached hydrogen (secondary N) is 2. The van der Waals surface area contributed by atoms with Crippen LogP contribution in [0.5, 0.6) is 0 Å². The first-order chi connectivity index (χ1) is 13.4. The summed E-state index contributed by atoms with van der Waals surface area (Å²) in [6, 6.07) is -0.193. The molecule has 28 heavy (non-hydrogen) atoms. The Balaban J connectivity index is 1.62. The second-order valence-corrected chi connectivity index (χ2v) is 8.98. The van der Waals surface area contributed by atoms with Crippen LogP contribution in [0.3, 0.4) is 0 Å². The van der Waals surface area contributed by atoms with Crippen LogP contribution in [-0.4, -0.2) is 44.5 Å². The van der Waals surface area contributed by atoms with Crippen molar-refractivity contribution in [3.63, 3.8) is 0 Å². The van der Waals surface area contributed by atoms with Gasteiger partial charge in [-0.05, 0) is 31.6 Å². The Kier molecular flexibility index (Phi) is 7.08. The number of hydrogen-bond acceptors (Lipinski definition) is 4. The van der Waals surface area contributed by atoms with Crippen molar-refractivity contribution >= 4 is 11.8 Å². The number of H-pyrrole nitrogens is 1. The molecule has 2 aliphatic rings. The molecular weight excluding hydrogens is 354 g/mol. The maximum Gasteiger partial charge on any atom is 0.223 e. The van der Waals surface area contributed by atoms with Crippen LogP contribution in [0.1, 0.15) is 89.3 Å². The first-order valence-corrected chi connectivity index (χ1v) is 10.9. The average molecular weight is 390 g/mol. The molecular formula is C21H35N5O2. The molecule has 1 aromatic rings. The van der Waals surface area contributed by atoms with Crippen molar-refractivity contribution in [2.45, 2.75) is 90.6 Å². The van der Waals surface area contributed by atoms with Crippen molar-refractivity contribution in [2.24, 2.45) is 11.8 Å². The van der Waals surface area contributed by atoms with Gasteiger partial charge in [-0.1, -0.05) is 46.0 Å². The van der Waals surface area contributed by atoms with Crippen LogP contribution in [0, 0.1) is 18.8 Å². The van der Waals surface area contributed by atoms with Crippen LogP contribution in [0.25, 0.3) is 0 Å². The van der Waals surface area contributed by atoms with E-state index in [1.165, 1.54) is 32.1 Å². The first kappa shape index (κ1) is 20.8. The number of carbonyl (C=O) groups excluding carboxylic acids is 2. The largest absolute Gasteiger partial charge is 0.351 e. The summed E-state index contributed by atoms with van der Waals surface area (Å²) in [7, 11) is 0. The molecule has 1 aliphatic carbocycles. The molecule has 156 valence electrons. The van der Waals surface area contributed by atoms with E-state index in [0.29, 0.717) is 43.5 Å². The van der Waals surface area contributed by atoms with Gasteiger partial charge in [0.05, 0.1) is 6.04 Å². The molecule has 2 heterocycles. The highest BCUT2D eigenvalue weighted by atomic mass is 16.2. The van der Waals surface area contributed by atoms with E-state index >= 15 is 0 Å². The number of amides is 2. The molecule has 0 spiro atoms. The van der Waals surface area contributed by atoms with Gasteiger partial charge in [0.25, 0.3) is 0 Å². The summed E-state index contributed by atoms with van der Waals surface area (Å²) in [5.41, 5.74) is 0. The van der Waals surface area contributed by atoms with E-state index in [4.69, 9.17) is 0 Å². The van der Waals surface area contributed by atoms with Gasteiger partial charge in [0, 0.05) is 25.4 Å². The smallest absolute Gasteiger partial charge is 0.223 e. The summed E-state index contributed by atoms with van der Waals surface area (Å²) in [4.78, 5) is 31.6. The van der Waals surface area contributed by atoms with E-state index in [9.17, 15) is 9.59 Å². The topological polar surface area (TPSA) is 91.0 Å². The zero-order valence-electron chi connectivity index (χ0n) is 17.5. The summed E-state index contributed by atoms with van der Waals surface area (Å²) in [6.07, 6.45) is 9.18. The number of nitrogens with zero attached hydrogens (tertiary/aromatic N) is 3. The highest BCUT2D eigenvalue weighted by Crippen LogP contribution is 2.33. The predicted molar refractivity (Wildman–Crippen MR) is 107 cm³/mol. The Bertz CT molecular complexity index is 666. The Hall–Kier alpha value is -1.92. The van der Waals surface area contributed by atoms with Crippen LogP contribution in [0.15, 0.2) is 0 Å². The molecule has 2 fully saturated rings. The van der Waals surface area contributed by atoms with Crippen LogP contribution in [0.2, 0.25) is 0 Å². The number of rotatable bonds is 7. The average Bonchev–Trinajstić information content (AvgIpc) is 3.26. The van der Waals surface area contributed by atoms with E-state index in [2.05, 4.69) is 20.5 Å². The lowest BCUT2D eigenvalue weighted by molar-refractivity contribution is -0.133. The van der Waals surface area contributed by atoms with E-state index in [1.54, 1.807) is 0 Å². The first-order valence-electron chi connectivity index (χ1n) is 10.9. The van der Waals surface area contributed by atoms with Gasteiger partial charge in [-0.3, -0.25) is 14.7 Å². The fraction of sp³-hybridized carbons (Fsp3) is 0.810. The molecule has 2 amide bonds. The number of aryl methyl sites for hydroxylation is 1. The van der Waals surface area contributed by atoms with Crippen LogP contribution >= 0.6 is 0 Å². The van der Waals surface area contributed by atoms with E-state index < -0.39 is 0 Å². The van der Waals surface area contributed by atoms with Gasteiger partial charge in [0.15, 0.2) is 5.82 Å². The fourth-order valence-corrected chi connectivity index (χ4v) is 4.57. The molecule has 2 N–H and O–H groups in total. The van der Waals surface area contributed by atoms with Gasteiger partial charge in [0.1, 0.15) is 5.82 Å². The SMILES string of the molecule is Cc1nc([C@@H]2C[C@H](NC(=O)CC(C)C)CN2C(=O)CCC2CCCCC2)n[nH]1. The quantitative estimate of drug-likeness (QED) is 0.749. The number of hydrogen-bond donors (Lipinski definition) is 2. The second kappa shape index (κ2) is 9.52. The Morgan fingerprint density at radius 2 is 2.00 bits per heavy atom. The highest BCUT2D eigenvalue weighted by molar-refractivity contribution is 5.78. The van der Waals surface area contributed by atoms with Crippen molar-refractivity contribution in [3.8, 4) is 0 Å². The lowest BCUT2D eigenvalue weighted by Crippen LogP contribution is -2.39. The van der Waals surface area contributed by atoms with Crippen molar-refractivity contribution in [1.29, 1.82) is 0 Å². The molecule has 1 aromatic heterocycles. The van der Waals surface area contributed by atoms with Gasteiger partial charge < -0.3 is 10.2 Å². The molecule has 1 saturated heterocycles. The minimum absolute atomic E-state index is 0.0336. The van der Waals surface area contributed by atoms with Crippen LogP contribution in [-0.2, 0) is 9.59 Å². The molecule has 0 aromatic carbocycles. The minimum Gasteiger partial charge on any atom is -0.351 e. The van der Waals surface area contributed by atoms with E-state index in [1.807, 2.05) is 25.7 Å². The van der Waals surface area contributed by atoms with Gasteiger partial charge >= 0.3 is 0 Å². The Labute approximate surface area is 168 Å². The van der Waals surface area contributed by atoms with E-state index in [-0.39, 0.29) is 23.9 Å². The maximum atomic E-state index is 13.0. The summed E-state index contributed by atoms with van der Waals surface area (Å²) in [5.74, 6) is 2.63. The van der Waals surface area contributed by atoms with Gasteiger partial charge in [-0.15, -0.1) is 0 Å². The zero-order chi connectivity index (χ0) is 20.1. The van der Waals surface area contributed by atoms with Gasteiger partial charge in [-0.25, -0.2) is 4.98 Å². The number of aromatic nitrogens is 3. The standard InChI is InChI=1S/C21H35N5O2/c1-14(2)11-19(27)23-17-12-18(21-22-15(3)24-25-21)26(13-17)20(28)10-9-16-7-5-4-6-8-16/h14,16-18H,4-13H2,1-3H3,(H,23,27)(H,22,24,25)/t17-,18-/m0/s1. The third-order valence-electron chi connectivity index (χ3n) is 5.98. The molecule has 0 bridgehead atoms. The number of aromatic amines is 1. The van der Waals surface area contributed by atoms with Gasteiger partial charge in [0.2, 0.25) is 11.8 Å². The Morgan fingerprint density at radius 3 is 2.64 bits per heavy atom. The summed E-state index contributed by atoms with van der Waals surface area (Å²) >= 11 is 0. The molecule has 7 nitrogen and oxygen atoms in total. The third kappa shape index (κ3) is 5.55. The summed E-state index contributed by atoms with van der Waals surface area (Å²) in [6.45, 7) is 6.48. The number of carbonyl (C=O) groups is 2. The van der Waals surface area contributed by atoms with E-state index in [0.717, 1.165) is 12.2 Å². The highest BCUT2D eigenvalue weighted by Gasteiger charge is 2.38. The molecule has 3 rings (SSSR count). The summed E-state index contributed by atoms with van der Waals surface area (Å²) < 4.78 is 0. The lowest BCUT2D eigenvalue weighted by atomic mass is 9.86. The second-order valence-electron chi connectivity index (χ2n) is 8.98. The number of likely N-dealkylation sites (tertiary alicyclic amines) is 1.